The lowest BCUT2D eigenvalue weighted by atomic mass is 10.2. The van der Waals surface area contributed by atoms with Crippen LogP contribution in [0.15, 0.2) is 24.1 Å². The number of carboxylic acids is 1. The van der Waals surface area contributed by atoms with Crippen LogP contribution >= 0.6 is 0 Å². The molecule has 0 unspecified atom stereocenters. The first-order chi connectivity index (χ1) is 4.68. The van der Waals surface area contributed by atoms with E-state index in [1.807, 2.05) is 0 Å². The van der Waals surface area contributed by atoms with E-state index in [2.05, 4.69) is 0 Å². The van der Waals surface area contributed by atoms with Crippen LogP contribution in [0.2, 0.25) is 0 Å². The summed E-state index contributed by atoms with van der Waals surface area (Å²) in [5, 5.41) is 8.30. The van der Waals surface area contributed by atoms with Gasteiger partial charge in [0.25, 0.3) is 0 Å². The summed E-state index contributed by atoms with van der Waals surface area (Å²) in [6.45, 7) is 1.47. The monoisotopic (exact) mass is 144 g/mol. The van der Waals surface area contributed by atoms with E-state index in [0.717, 1.165) is 0 Å². The summed E-state index contributed by atoms with van der Waals surface area (Å²) in [4.78, 5) is 10.1. The number of rotatable bonds is 3. The van der Waals surface area contributed by atoms with Gasteiger partial charge in [-0.3, -0.25) is 0 Å². The quantitative estimate of drug-likeness (QED) is 0.614. The van der Waals surface area contributed by atoms with E-state index in [9.17, 15) is 9.18 Å². The largest absolute Gasteiger partial charge is 0.478 e. The molecular formula is C7H9FO2. The molecule has 0 bridgehead atoms. The van der Waals surface area contributed by atoms with Gasteiger partial charge in [-0.15, -0.1) is 0 Å². The zero-order valence-electron chi connectivity index (χ0n) is 5.67. The van der Waals surface area contributed by atoms with Crippen LogP contribution in [-0.2, 0) is 4.79 Å². The van der Waals surface area contributed by atoms with Crippen LogP contribution < -0.4 is 0 Å². The molecule has 0 spiro atoms. The lowest BCUT2D eigenvalue weighted by Gasteiger charge is -1.88. The van der Waals surface area contributed by atoms with E-state index in [-0.39, 0.29) is 5.57 Å². The van der Waals surface area contributed by atoms with E-state index in [1.54, 1.807) is 0 Å². The van der Waals surface area contributed by atoms with Crippen LogP contribution in [0.3, 0.4) is 0 Å². The minimum atomic E-state index is -0.966. The highest BCUT2D eigenvalue weighted by molar-refractivity contribution is 5.85. The van der Waals surface area contributed by atoms with Gasteiger partial charge in [-0.1, -0.05) is 12.2 Å². The highest BCUT2D eigenvalue weighted by atomic mass is 19.1. The summed E-state index contributed by atoms with van der Waals surface area (Å²) in [6.07, 6.45) is 3.41. The van der Waals surface area contributed by atoms with Crippen molar-refractivity contribution < 1.29 is 14.3 Å². The first kappa shape index (κ1) is 8.88. The van der Waals surface area contributed by atoms with E-state index >= 15 is 0 Å². The van der Waals surface area contributed by atoms with Crippen molar-refractivity contribution >= 4 is 5.97 Å². The Labute approximate surface area is 58.7 Å². The molecule has 0 radical (unpaired) electrons. The molecule has 0 aromatic carbocycles. The molecule has 0 aliphatic heterocycles. The van der Waals surface area contributed by atoms with Gasteiger partial charge < -0.3 is 5.11 Å². The molecule has 0 rings (SSSR count). The van der Waals surface area contributed by atoms with Crippen LogP contribution in [0.5, 0.6) is 0 Å². The SMILES string of the molecule is CC(=CCC=CF)C(=O)O. The first-order valence-electron chi connectivity index (χ1n) is 2.83. The van der Waals surface area contributed by atoms with Crippen molar-refractivity contribution in [2.45, 2.75) is 13.3 Å². The molecule has 0 aliphatic carbocycles. The number of hydrogen-bond acceptors (Lipinski definition) is 1. The van der Waals surface area contributed by atoms with Crippen LogP contribution in [0.25, 0.3) is 0 Å². The number of halogens is 1. The fourth-order valence-electron chi connectivity index (χ4n) is 0.384. The molecule has 0 saturated heterocycles. The molecule has 0 aromatic heterocycles. The summed E-state index contributed by atoms with van der Waals surface area (Å²) >= 11 is 0. The van der Waals surface area contributed by atoms with Gasteiger partial charge in [0.05, 0.1) is 6.33 Å². The lowest BCUT2D eigenvalue weighted by Crippen LogP contribution is -1.94. The molecule has 56 valence electrons. The predicted octanol–water partition coefficient (Wildman–Crippen LogP) is 1.89. The van der Waals surface area contributed by atoms with Crippen molar-refractivity contribution in [2.75, 3.05) is 0 Å². The van der Waals surface area contributed by atoms with Crippen molar-refractivity contribution in [3.8, 4) is 0 Å². The van der Waals surface area contributed by atoms with Crippen LogP contribution in [-0.4, -0.2) is 11.1 Å². The Balaban J connectivity index is 3.80. The lowest BCUT2D eigenvalue weighted by molar-refractivity contribution is -0.132. The minimum Gasteiger partial charge on any atom is -0.478 e. The standard InChI is InChI=1S/C7H9FO2/c1-6(7(9)10)4-2-3-5-8/h3-5H,2H2,1H3,(H,9,10). The second-order valence-electron chi connectivity index (χ2n) is 1.79. The van der Waals surface area contributed by atoms with Gasteiger partial charge in [-0.05, 0) is 13.3 Å². The van der Waals surface area contributed by atoms with E-state index in [0.29, 0.717) is 12.8 Å². The van der Waals surface area contributed by atoms with Crippen LogP contribution in [0.1, 0.15) is 13.3 Å². The molecule has 0 fully saturated rings. The summed E-state index contributed by atoms with van der Waals surface area (Å²) in [6, 6.07) is 0. The van der Waals surface area contributed by atoms with Gasteiger partial charge >= 0.3 is 5.97 Å². The van der Waals surface area contributed by atoms with E-state index in [1.165, 1.54) is 19.1 Å². The Morgan fingerprint density at radius 3 is 2.70 bits per heavy atom. The number of allylic oxidation sites excluding steroid dienone is 2. The van der Waals surface area contributed by atoms with Crippen molar-refractivity contribution in [2.24, 2.45) is 0 Å². The molecule has 10 heavy (non-hydrogen) atoms. The number of carbonyl (C=O) groups is 1. The van der Waals surface area contributed by atoms with Gasteiger partial charge in [-0.2, -0.15) is 0 Å². The topological polar surface area (TPSA) is 37.3 Å². The molecule has 1 N–H and O–H groups in total. The number of hydrogen-bond donors (Lipinski definition) is 1. The van der Waals surface area contributed by atoms with Crippen molar-refractivity contribution in [1.29, 1.82) is 0 Å². The third kappa shape index (κ3) is 3.83. The number of carboxylic acid groups (broad SMARTS) is 1. The molecule has 0 atom stereocenters. The van der Waals surface area contributed by atoms with Gasteiger partial charge in [0.1, 0.15) is 0 Å². The smallest absolute Gasteiger partial charge is 0.330 e. The Hall–Kier alpha value is -1.12. The Kier molecular flexibility index (Phi) is 4.20. The maximum absolute atomic E-state index is 11.3. The fourth-order valence-corrected chi connectivity index (χ4v) is 0.384. The van der Waals surface area contributed by atoms with E-state index in [4.69, 9.17) is 5.11 Å². The molecular weight excluding hydrogens is 135 g/mol. The van der Waals surface area contributed by atoms with Crippen molar-refractivity contribution in [1.82, 2.24) is 0 Å². The Morgan fingerprint density at radius 1 is 1.70 bits per heavy atom. The highest BCUT2D eigenvalue weighted by Gasteiger charge is 1.95. The first-order valence-corrected chi connectivity index (χ1v) is 2.83. The molecule has 3 heteroatoms. The average Bonchev–Trinajstić information content (AvgIpc) is 1.88. The van der Waals surface area contributed by atoms with Crippen molar-refractivity contribution in [3.63, 3.8) is 0 Å². The summed E-state index contributed by atoms with van der Waals surface area (Å²) < 4.78 is 11.3. The summed E-state index contributed by atoms with van der Waals surface area (Å²) in [5.74, 6) is -0.966. The molecule has 0 saturated carbocycles. The van der Waals surface area contributed by atoms with Crippen LogP contribution in [0, 0.1) is 0 Å². The molecule has 0 heterocycles. The maximum Gasteiger partial charge on any atom is 0.330 e. The van der Waals surface area contributed by atoms with E-state index < -0.39 is 5.97 Å². The Bertz CT molecular complexity index is 170. The average molecular weight is 144 g/mol. The van der Waals surface area contributed by atoms with Crippen LogP contribution in [0.4, 0.5) is 4.39 Å². The number of aliphatic carboxylic acids is 1. The highest BCUT2D eigenvalue weighted by Crippen LogP contribution is 1.95. The second kappa shape index (κ2) is 4.73. The van der Waals surface area contributed by atoms with Crippen molar-refractivity contribution in [3.05, 3.63) is 24.1 Å². The maximum atomic E-state index is 11.3. The normalized spacial score (nSPS) is 12.4. The molecule has 0 amide bonds. The summed E-state index contributed by atoms with van der Waals surface area (Å²) in [5.41, 5.74) is 0.234. The molecule has 0 aromatic rings. The second-order valence-corrected chi connectivity index (χ2v) is 1.79. The molecule has 0 aliphatic rings. The van der Waals surface area contributed by atoms with Gasteiger partial charge in [-0.25, -0.2) is 9.18 Å². The summed E-state index contributed by atoms with van der Waals surface area (Å²) in [7, 11) is 0. The Morgan fingerprint density at radius 2 is 2.30 bits per heavy atom. The predicted molar refractivity (Wildman–Crippen MR) is 36.3 cm³/mol. The third-order valence-electron chi connectivity index (χ3n) is 0.987. The fraction of sp³-hybridized carbons (Fsp3) is 0.286. The zero-order valence-corrected chi connectivity index (χ0v) is 5.67. The minimum absolute atomic E-state index is 0.234. The molecule has 2 nitrogen and oxygen atoms in total. The van der Waals surface area contributed by atoms with Gasteiger partial charge in [0, 0.05) is 5.57 Å². The van der Waals surface area contributed by atoms with Gasteiger partial charge in [0.15, 0.2) is 0 Å². The van der Waals surface area contributed by atoms with Gasteiger partial charge in [0.2, 0.25) is 0 Å². The third-order valence-corrected chi connectivity index (χ3v) is 0.987. The zero-order chi connectivity index (χ0) is 7.98.